The summed E-state index contributed by atoms with van der Waals surface area (Å²) in [6.45, 7) is 3.81. The third-order valence-corrected chi connectivity index (χ3v) is 1.89. The van der Waals surface area contributed by atoms with E-state index in [1.165, 1.54) is 12.1 Å². The minimum atomic E-state index is -1.64. The summed E-state index contributed by atoms with van der Waals surface area (Å²) in [4.78, 5) is 11.5. The summed E-state index contributed by atoms with van der Waals surface area (Å²) in [6.07, 6.45) is 1.55. The predicted octanol–water partition coefficient (Wildman–Crippen LogP) is -0.718. The van der Waals surface area contributed by atoms with Gasteiger partial charge in [0.2, 0.25) is 0 Å². The maximum absolute atomic E-state index is 11.5. The molecule has 0 radical (unpaired) electrons. The van der Waals surface area contributed by atoms with Crippen molar-refractivity contribution < 1.29 is 14.8 Å². The van der Waals surface area contributed by atoms with E-state index in [1.807, 2.05) is 0 Å². The fourth-order valence-electron chi connectivity index (χ4n) is 1.19. The maximum Gasteiger partial charge on any atom is 0.489 e. The van der Waals surface area contributed by atoms with Crippen molar-refractivity contribution in [2.75, 3.05) is 6.54 Å². The molecule has 0 atom stereocenters. The summed E-state index contributed by atoms with van der Waals surface area (Å²) < 4.78 is 0. The van der Waals surface area contributed by atoms with E-state index < -0.39 is 7.12 Å². The van der Waals surface area contributed by atoms with Gasteiger partial charge < -0.3 is 15.4 Å². The zero-order chi connectivity index (χ0) is 11.3. The van der Waals surface area contributed by atoms with Crippen LogP contribution in [-0.4, -0.2) is 29.6 Å². The van der Waals surface area contributed by atoms with E-state index in [4.69, 9.17) is 10.0 Å². The quantitative estimate of drug-likeness (QED) is 0.448. The smallest absolute Gasteiger partial charge is 0.423 e. The molecule has 1 rings (SSSR count). The first-order valence-electron chi connectivity index (χ1n) is 4.51. The van der Waals surface area contributed by atoms with E-state index in [0.29, 0.717) is 6.54 Å². The lowest BCUT2D eigenvalue weighted by atomic mass is 9.77. The molecular weight excluding hydrogens is 193 g/mol. The highest BCUT2D eigenvalue weighted by molar-refractivity contribution is 6.60. The van der Waals surface area contributed by atoms with E-state index in [0.717, 1.165) is 0 Å². The molecular formula is C10H12BNO3. The Kier molecular flexibility index (Phi) is 4.09. The number of carbonyl (C=O) groups is 1. The minimum Gasteiger partial charge on any atom is -0.423 e. The summed E-state index contributed by atoms with van der Waals surface area (Å²) >= 11 is 0. The molecule has 0 aromatic heterocycles. The van der Waals surface area contributed by atoms with Crippen LogP contribution in [0.4, 0.5) is 0 Å². The molecule has 0 spiro atoms. The molecule has 0 fully saturated rings. The van der Waals surface area contributed by atoms with Gasteiger partial charge in [0.1, 0.15) is 0 Å². The van der Waals surface area contributed by atoms with Crippen LogP contribution in [0.25, 0.3) is 0 Å². The SMILES string of the molecule is C=CCNC(=O)c1ccccc1B(O)O. The first kappa shape index (κ1) is 11.5. The molecule has 0 heterocycles. The van der Waals surface area contributed by atoms with Crippen LogP contribution in [0.5, 0.6) is 0 Å². The number of carbonyl (C=O) groups excluding carboxylic acids is 1. The van der Waals surface area contributed by atoms with Gasteiger partial charge in [-0.15, -0.1) is 6.58 Å². The van der Waals surface area contributed by atoms with Crippen molar-refractivity contribution >= 4 is 18.5 Å². The maximum atomic E-state index is 11.5. The van der Waals surface area contributed by atoms with Crippen LogP contribution >= 0.6 is 0 Å². The number of amides is 1. The van der Waals surface area contributed by atoms with Crippen LogP contribution in [0.3, 0.4) is 0 Å². The molecule has 0 aliphatic carbocycles. The molecule has 0 saturated carbocycles. The van der Waals surface area contributed by atoms with Gasteiger partial charge in [-0.2, -0.15) is 0 Å². The third kappa shape index (κ3) is 2.94. The van der Waals surface area contributed by atoms with Gasteiger partial charge in [-0.25, -0.2) is 0 Å². The van der Waals surface area contributed by atoms with Crippen LogP contribution in [-0.2, 0) is 0 Å². The van der Waals surface area contributed by atoms with Crippen molar-refractivity contribution in [3.63, 3.8) is 0 Å². The fourth-order valence-corrected chi connectivity index (χ4v) is 1.19. The molecule has 3 N–H and O–H groups in total. The van der Waals surface area contributed by atoms with Crippen molar-refractivity contribution in [1.29, 1.82) is 0 Å². The molecule has 5 heteroatoms. The summed E-state index contributed by atoms with van der Waals surface area (Å²) in [5.74, 6) is -0.349. The second kappa shape index (κ2) is 5.33. The number of hydrogen-bond acceptors (Lipinski definition) is 3. The summed E-state index contributed by atoms with van der Waals surface area (Å²) in [7, 11) is -1.64. The molecule has 0 unspecified atom stereocenters. The van der Waals surface area contributed by atoms with Crippen molar-refractivity contribution in [3.8, 4) is 0 Å². The van der Waals surface area contributed by atoms with Crippen molar-refractivity contribution in [2.45, 2.75) is 0 Å². The van der Waals surface area contributed by atoms with Crippen LogP contribution in [0.15, 0.2) is 36.9 Å². The highest BCUT2D eigenvalue weighted by Gasteiger charge is 2.18. The van der Waals surface area contributed by atoms with Crippen molar-refractivity contribution in [2.24, 2.45) is 0 Å². The fraction of sp³-hybridized carbons (Fsp3) is 0.100. The van der Waals surface area contributed by atoms with Crippen LogP contribution in [0.2, 0.25) is 0 Å². The summed E-state index contributed by atoms with van der Waals surface area (Å²) in [6, 6.07) is 6.33. The highest BCUT2D eigenvalue weighted by Crippen LogP contribution is 1.96. The topological polar surface area (TPSA) is 69.6 Å². The lowest BCUT2D eigenvalue weighted by Gasteiger charge is -2.07. The first-order chi connectivity index (χ1) is 7.16. The van der Waals surface area contributed by atoms with E-state index in [1.54, 1.807) is 18.2 Å². The monoisotopic (exact) mass is 205 g/mol. The van der Waals surface area contributed by atoms with Crippen LogP contribution in [0, 0.1) is 0 Å². The second-order valence-electron chi connectivity index (χ2n) is 2.96. The minimum absolute atomic E-state index is 0.194. The van der Waals surface area contributed by atoms with E-state index >= 15 is 0 Å². The highest BCUT2D eigenvalue weighted by atomic mass is 16.4. The standard InChI is InChI=1S/C10H12BNO3/c1-2-7-12-10(13)8-5-3-4-6-9(8)11(14)15/h2-6,14-15H,1,7H2,(H,12,13). The molecule has 15 heavy (non-hydrogen) atoms. The van der Waals surface area contributed by atoms with Gasteiger partial charge in [0.05, 0.1) is 0 Å². The Morgan fingerprint density at radius 3 is 2.73 bits per heavy atom. The average molecular weight is 205 g/mol. The Morgan fingerprint density at radius 1 is 1.47 bits per heavy atom. The largest absolute Gasteiger partial charge is 0.489 e. The number of hydrogen-bond donors (Lipinski definition) is 3. The molecule has 1 amide bonds. The first-order valence-corrected chi connectivity index (χ1v) is 4.51. The Hall–Kier alpha value is -1.59. The zero-order valence-corrected chi connectivity index (χ0v) is 8.18. The third-order valence-electron chi connectivity index (χ3n) is 1.89. The average Bonchev–Trinajstić information content (AvgIpc) is 2.25. The van der Waals surface area contributed by atoms with E-state index in [-0.39, 0.29) is 16.9 Å². The molecule has 0 saturated heterocycles. The van der Waals surface area contributed by atoms with Gasteiger partial charge in [0.15, 0.2) is 0 Å². The van der Waals surface area contributed by atoms with Gasteiger partial charge in [0.25, 0.3) is 5.91 Å². The molecule has 1 aromatic carbocycles. The van der Waals surface area contributed by atoms with E-state index in [2.05, 4.69) is 11.9 Å². The molecule has 0 aliphatic rings. The second-order valence-corrected chi connectivity index (χ2v) is 2.96. The van der Waals surface area contributed by atoms with Crippen molar-refractivity contribution in [3.05, 3.63) is 42.5 Å². The van der Waals surface area contributed by atoms with Crippen molar-refractivity contribution in [1.82, 2.24) is 5.32 Å². The molecule has 1 aromatic rings. The molecule has 0 bridgehead atoms. The van der Waals surface area contributed by atoms with Gasteiger partial charge in [0, 0.05) is 12.1 Å². The van der Waals surface area contributed by atoms with Crippen LogP contribution in [0.1, 0.15) is 10.4 Å². The number of nitrogens with one attached hydrogen (secondary N) is 1. The summed E-state index contributed by atoms with van der Waals surface area (Å²) in [5, 5.41) is 20.6. The lowest BCUT2D eigenvalue weighted by molar-refractivity contribution is 0.0958. The Balaban J connectivity index is 2.92. The normalized spacial score (nSPS) is 9.47. The zero-order valence-electron chi connectivity index (χ0n) is 8.18. The van der Waals surface area contributed by atoms with Gasteiger partial charge in [-0.05, 0) is 11.5 Å². The van der Waals surface area contributed by atoms with Gasteiger partial charge in [-0.1, -0.05) is 24.3 Å². The molecule has 4 nitrogen and oxygen atoms in total. The number of rotatable bonds is 4. The van der Waals surface area contributed by atoms with Gasteiger partial charge >= 0.3 is 7.12 Å². The summed E-state index contributed by atoms with van der Waals surface area (Å²) in [5.41, 5.74) is 0.452. The predicted molar refractivity (Wildman–Crippen MR) is 58.8 cm³/mol. The molecule has 0 aliphatic heterocycles. The van der Waals surface area contributed by atoms with E-state index in [9.17, 15) is 4.79 Å². The molecule has 78 valence electrons. The Morgan fingerprint density at radius 2 is 2.13 bits per heavy atom. The lowest BCUT2D eigenvalue weighted by Crippen LogP contribution is -2.38. The Labute approximate surface area is 88.4 Å². The Bertz CT molecular complexity index is 365. The van der Waals surface area contributed by atoms with Gasteiger partial charge in [-0.3, -0.25) is 4.79 Å². The van der Waals surface area contributed by atoms with Crippen LogP contribution < -0.4 is 10.8 Å². The number of benzene rings is 1.